The lowest BCUT2D eigenvalue weighted by Gasteiger charge is -2.33. The molecular formula is C20H29NO7S. The molecule has 1 unspecified atom stereocenters. The number of nitrogens with zero attached hydrogens (tertiary/aromatic N) is 1. The molecule has 1 saturated heterocycles. The molecule has 0 aliphatic carbocycles. The summed E-state index contributed by atoms with van der Waals surface area (Å²) in [5.41, 5.74) is 0.908. The molecule has 1 aromatic rings. The van der Waals surface area contributed by atoms with E-state index in [4.69, 9.17) is 8.92 Å². The van der Waals surface area contributed by atoms with Gasteiger partial charge in [-0.3, -0.25) is 13.8 Å². The lowest BCUT2D eigenvalue weighted by molar-refractivity contribution is -0.141. The van der Waals surface area contributed by atoms with Crippen molar-refractivity contribution in [3.05, 3.63) is 29.8 Å². The van der Waals surface area contributed by atoms with Crippen molar-refractivity contribution in [2.75, 3.05) is 20.5 Å². The number of ether oxygens (including phenoxy) is 2. The molecule has 1 aromatic carbocycles. The predicted octanol–water partition coefficient (Wildman–Crippen LogP) is 2.12. The Morgan fingerprint density at radius 1 is 1.24 bits per heavy atom. The van der Waals surface area contributed by atoms with Crippen molar-refractivity contribution in [1.82, 2.24) is 4.90 Å². The van der Waals surface area contributed by atoms with Gasteiger partial charge in [0.1, 0.15) is 5.75 Å². The Kier molecular flexibility index (Phi) is 8.04. The van der Waals surface area contributed by atoms with E-state index in [-0.39, 0.29) is 24.2 Å². The van der Waals surface area contributed by atoms with E-state index in [9.17, 15) is 18.0 Å². The van der Waals surface area contributed by atoms with Gasteiger partial charge in [0.25, 0.3) is 10.1 Å². The summed E-state index contributed by atoms with van der Waals surface area (Å²) >= 11 is 0. The molecule has 0 aromatic heterocycles. The molecule has 1 fully saturated rings. The number of hydrogen-bond donors (Lipinski definition) is 0. The average molecular weight is 428 g/mol. The minimum absolute atomic E-state index is 0.0478. The van der Waals surface area contributed by atoms with Crippen LogP contribution >= 0.6 is 0 Å². The number of carbonyl (C=O) groups is 2. The highest BCUT2D eigenvalue weighted by Gasteiger charge is 2.43. The maximum Gasteiger partial charge on any atom is 0.305 e. The zero-order valence-electron chi connectivity index (χ0n) is 17.3. The van der Waals surface area contributed by atoms with E-state index in [2.05, 4.69) is 4.74 Å². The van der Waals surface area contributed by atoms with Crippen LogP contribution in [-0.4, -0.2) is 57.8 Å². The van der Waals surface area contributed by atoms with E-state index >= 15 is 0 Å². The summed E-state index contributed by atoms with van der Waals surface area (Å²) in [4.78, 5) is 25.7. The predicted molar refractivity (Wildman–Crippen MR) is 107 cm³/mol. The molecule has 1 heterocycles. The highest BCUT2D eigenvalue weighted by molar-refractivity contribution is 7.86. The number of esters is 1. The minimum atomic E-state index is -3.73. The van der Waals surface area contributed by atoms with Crippen molar-refractivity contribution in [1.29, 1.82) is 0 Å². The molecular weight excluding hydrogens is 398 g/mol. The second-order valence-electron chi connectivity index (χ2n) is 7.35. The fourth-order valence-electron chi connectivity index (χ4n) is 3.73. The van der Waals surface area contributed by atoms with E-state index in [1.807, 2.05) is 31.2 Å². The molecule has 0 spiro atoms. The summed E-state index contributed by atoms with van der Waals surface area (Å²) in [6.07, 6.45) is 1.48. The molecule has 3 atom stereocenters. The smallest absolute Gasteiger partial charge is 0.305 e. The van der Waals surface area contributed by atoms with Gasteiger partial charge in [-0.15, -0.1) is 0 Å². The lowest BCUT2D eigenvalue weighted by Crippen LogP contribution is -2.45. The standard InChI is InChI=1S/C20H29NO7S/c1-14-12-18(22)21(13-15-8-10-16(26-2)11-9-15)20(14)17(28-29(4,24)25)6-5-7-19(23)27-3/h8-11,14,17,20H,5-7,12-13H2,1-4H3/t14-,17?,20+/m1/s1. The monoisotopic (exact) mass is 427 g/mol. The van der Waals surface area contributed by atoms with Crippen LogP contribution in [0.15, 0.2) is 24.3 Å². The molecule has 0 bridgehead atoms. The molecule has 29 heavy (non-hydrogen) atoms. The van der Waals surface area contributed by atoms with Crippen LogP contribution in [0.4, 0.5) is 0 Å². The number of rotatable bonds is 10. The average Bonchev–Trinajstić information content (AvgIpc) is 2.93. The summed E-state index contributed by atoms with van der Waals surface area (Å²) in [6.45, 7) is 2.26. The molecule has 9 heteroatoms. The van der Waals surface area contributed by atoms with Crippen molar-refractivity contribution in [3.8, 4) is 5.75 Å². The highest BCUT2D eigenvalue weighted by Crippen LogP contribution is 2.33. The Labute approximate surface area is 172 Å². The van der Waals surface area contributed by atoms with E-state index in [1.54, 1.807) is 12.0 Å². The third kappa shape index (κ3) is 6.71. The van der Waals surface area contributed by atoms with Gasteiger partial charge in [-0.25, -0.2) is 0 Å². The van der Waals surface area contributed by atoms with Crippen LogP contribution in [0.5, 0.6) is 5.75 Å². The quantitative estimate of drug-likeness (QED) is 0.416. The van der Waals surface area contributed by atoms with Gasteiger partial charge < -0.3 is 14.4 Å². The van der Waals surface area contributed by atoms with Crippen molar-refractivity contribution in [2.24, 2.45) is 5.92 Å². The summed E-state index contributed by atoms with van der Waals surface area (Å²) in [6, 6.07) is 6.97. The van der Waals surface area contributed by atoms with E-state index < -0.39 is 22.3 Å². The summed E-state index contributed by atoms with van der Waals surface area (Å²) in [5.74, 6) is 0.222. The van der Waals surface area contributed by atoms with Gasteiger partial charge in [0.2, 0.25) is 5.91 Å². The topological polar surface area (TPSA) is 99.2 Å². The highest BCUT2D eigenvalue weighted by atomic mass is 32.2. The first-order valence-corrected chi connectivity index (χ1v) is 11.3. The summed E-state index contributed by atoms with van der Waals surface area (Å²) in [5, 5.41) is 0. The molecule has 1 aliphatic heterocycles. The Hall–Kier alpha value is -2.13. The SMILES string of the molecule is COC(=O)CCCC(OS(C)(=O)=O)[C@@H]1[C@H](C)CC(=O)N1Cc1ccc(OC)cc1. The van der Waals surface area contributed by atoms with E-state index in [1.165, 1.54) is 7.11 Å². The molecule has 1 aliphatic rings. The van der Waals surface area contributed by atoms with Gasteiger partial charge in [0.15, 0.2) is 0 Å². The number of carbonyl (C=O) groups excluding carboxylic acids is 2. The first kappa shape index (κ1) is 23.2. The third-order valence-corrected chi connectivity index (χ3v) is 5.65. The molecule has 162 valence electrons. The first-order chi connectivity index (χ1) is 13.6. The van der Waals surface area contributed by atoms with Gasteiger partial charge >= 0.3 is 5.97 Å². The van der Waals surface area contributed by atoms with Crippen molar-refractivity contribution < 1.29 is 31.7 Å². The van der Waals surface area contributed by atoms with Gasteiger partial charge in [0, 0.05) is 19.4 Å². The summed E-state index contributed by atoms with van der Waals surface area (Å²) in [7, 11) is -0.846. The third-order valence-electron chi connectivity index (χ3n) is 5.05. The van der Waals surface area contributed by atoms with Crippen molar-refractivity contribution >= 4 is 22.0 Å². The molecule has 0 N–H and O–H groups in total. The van der Waals surface area contributed by atoms with Crippen molar-refractivity contribution in [3.63, 3.8) is 0 Å². The summed E-state index contributed by atoms with van der Waals surface area (Å²) < 4.78 is 38.9. The molecule has 0 radical (unpaired) electrons. The Morgan fingerprint density at radius 2 is 1.90 bits per heavy atom. The van der Waals surface area contributed by atoms with Crippen LogP contribution in [0.25, 0.3) is 0 Å². The maximum atomic E-state index is 12.6. The van der Waals surface area contributed by atoms with Crippen LogP contribution in [0.1, 0.15) is 38.2 Å². The normalized spacial score (nSPS) is 20.6. The van der Waals surface area contributed by atoms with Crippen LogP contribution in [0, 0.1) is 5.92 Å². The molecule has 8 nitrogen and oxygen atoms in total. The van der Waals surface area contributed by atoms with Crippen molar-refractivity contribution in [2.45, 2.75) is 51.3 Å². The zero-order chi connectivity index (χ0) is 21.6. The van der Waals surface area contributed by atoms with E-state index in [0.717, 1.165) is 11.8 Å². The Morgan fingerprint density at radius 3 is 2.45 bits per heavy atom. The van der Waals surface area contributed by atoms with Crippen LogP contribution < -0.4 is 4.74 Å². The largest absolute Gasteiger partial charge is 0.497 e. The van der Waals surface area contributed by atoms with Crippen LogP contribution in [0.2, 0.25) is 0 Å². The van der Waals surface area contributed by atoms with Gasteiger partial charge in [-0.1, -0.05) is 19.1 Å². The molecule has 0 saturated carbocycles. The first-order valence-electron chi connectivity index (χ1n) is 9.52. The maximum absolute atomic E-state index is 12.6. The van der Waals surface area contributed by atoms with Crippen LogP contribution in [-0.2, 0) is 35.2 Å². The second-order valence-corrected chi connectivity index (χ2v) is 8.95. The fraction of sp³-hybridized carbons (Fsp3) is 0.600. The number of methoxy groups -OCH3 is 2. The number of amides is 1. The minimum Gasteiger partial charge on any atom is -0.497 e. The van der Waals surface area contributed by atoms with E-state index in [0.29, 0.717) is 31.6 Å². The number of benzene rings is 1. The van der Waals surface area contributed by atoms with Gasteiger partial charge in [0.05, 0.1) is 32.6 Å². The zero-order valence-corrected chi connectivity index (χ0v) is 18.1. The van der Waals surface area contributed by atoms with Gasteiger partial charge in [-0.05, 0) is 36.5 Å². The number of hydrogen-bond acceptors (Lipinski definition) is 7. The molecule has 1 amide bonds. The Balaban J connectivity index is 2.21. The second kappa shape index (κ2) is 10.1. The Bertz CT molecular complexity index is 807. The van der Waals surface area contributed by atoms with Gasteiger partial charge in [-0.2, -0.15) is 8.42 Å². The van der Waals surface area contributed by atoms with Crippen LogP contribution in [0.3, 0.4) is 0 Å². The fourth-order valence-corrected chi connectivity index (χ4v) is 4.38. The lowest BCUT2D eigenvalue weighted by atomic mass is 9.94. The molecule has 2 rings (SSSR count). The number of likely N-dealkylation sites (tertiary alicyclic amines) is 1.